The number of halogens is 3. The fraction of sp³-hybridized carbons (Fsp3) is 0.400. The maximum atomic E-state index is 12.1. The van der Waals surface area contributed by atoms with Gasteiger partial charge >= 0.3 is 6.18 Å². The average molecular weight is 218 g/mol. The van der Waals surface area contributed by atoms with Crippen LogP contribution in [0.25, 0.3) is 0 Å². The Morgan fingerprint density at radius 2 is 1.93 bits per heavy atom. The van der Waals surface area contributed by atoms with Gasteiger partial charge in [-0.2, -0.15) is 13.2 Å². The van der Waals surface area contributed by atoms with Crippen molar-refractivity contribution in [2.24, 2.45) is 0 Å². The predicted molar refractivity (Wildman–Crippen MR) is 54.9 cm³/mol. The molecular weight excluding hydrogens is 205 g/mol. The van der Waals surface area contributed by atoms with Gasteiger partial charge in [0.1, 0.15) is 6.54 Å². The first-order chi connectivity index (χ1) is 6.79. The van der Waals surface area contributed by atoms with E-state index in [1.807, 2.05) is 6.92 Å². The summed E-state index contributed by atoms with van der Waals surface area (Å²) in [6.45, 7) is 0.832. The van der Waals surface area contributed by atoms with E-state index in [-0.39, 0.29) is 0 Å². The molecule has 0 saturated carbocycles. The van der Waals surface area contributed by atoms with Crippen LogP contribution in [0.1, 0.15) is 5.56 Å². The Morgan fingerprint density at radius 1 is 1.33 bits per heavy atom. The fourth-order valence-corrected chi connectivity index (χ4v) is 1.23. The topological polar surface area (TPSA) is 29.3 Å². The summed E-state index contributed by atoms with van der Waals surface area (Å²) >= 11 is 0. The Bertz CT molecular complexity index is 347. The lowest BCUT2D eigenvalue weighted by Crippen LogP contribution is -2.30. The first kappa shape index (κ1) is 11.7. The van der Waals surface area contributed by atoms with Gasteiger partial charge in [-0.25, -0.2) is 0 Å². The van der Waals surface area contributed by atoms with Gasteiger partial charge in [0.25, 0.3) is 0 Å². The summed E-state index contributed by atoms with van der Waals surface area (Å²) in [4.78, 5) is 1.12. The van der Waals surface area contributed by atoms with Gasteiger partial charge in [-0.3, -0.25) is 0 Å². The lowest BCUT2D eigenvalue weighted by molar-refractivity contribution is -0.119. The first-order valence-corrected chi connectivity index (χ1v) is 4.43. The van der Waals surface area contributed by atoms with Crippen molar-refractivity contribution in [1.29, 1.82) is 0 Å². The van der Waals surface area contributed by atoms with E-state index >= 15 is 0 Å². The highest BCUT2D eigenvalue weighted by molar-refractivity contribution is 5.59. The van der Waals surface area contributed by atoms with Crippen molar-refractivity contribution in [3.63, 3.8) is 0 Å². The highest BCUT2D eigenvalue weighted by Crippen LogP contribution is 2.23. The van der Waals surface area contributed by atoms with Crippen molar-refractivity contribution < 1.29 is 13.2 Å². The van der Waals surface area contributed by atoms with Gasteiger partial charge in [-0.05, 0) is 24.6 Å². The number of aryl methyl sites for hydroxylation is 1. The molecule has 0 aliphatic rings. The smallest absolute Gasteiger partial charge is 0.398 e. The molecule has 0 atom stereocenters. The molecule has 0 aromatic heterocycles. The average Bonchev–Trinajstić information content (AvgIpc) is 2.06. The molecule has 1 aromatic carbocycles. The summed E-state index contributed by atoms with van der Waals surface area (Å²) in [6.07, 6.45) is -4.20. The number of hydrogen-bond acceptors (Lipinski definition) is 2. The van der Waals surface area contributed by atoms with E-state index < -0.39 is 12.7 Å². The molecule has 0 unspecified atom stereocenters. The molecule has 0 aliphatic carbocycles. The molecule has 2 N–H and O–H groups in total. The SMILES string of the molecule is Cc1ccc(N(C)CC(F)(F)F)cc1N. The largest absolute Gasteiger partial charge is 0.405 e. The van der Waals surface area contributed by atoms with Crippen LogP contribution < -0.4 is 10.6 Å². The van der Waals surface area contributed by atoms with Crippen LogP contribution >= 0.6 is 0 Å². The molecule has 0 fully saturated rings. The second-order valence-electron chi connectivity index (χ2n) is 3.51. The molecule has 1 rings (SSSR count). The number of nitrogens with zero attached hydrogens (tertiary/aromatic N) is 1. The zero-order chi connectivity index (χ0) is 11.6. The van der Waals surface area contributed by atoms with Crippen molar-refractivity contribution in [2.75, 3.05) is 24.2 Å². The quantitative estimate of drug-likeness (QED) is 0.773. The summed E-state index contributed by atoms with van der Waals surface area (Å²) in [5, 5.41) is 0. The number of anilines is 2. The minimum Gasteiger partial charge on any atom is -0.398 e. The van der Waals surface area contributed by atoms with Crippen molar-refractivity contribution in [2.45, 2.75) is 13.1 Å². The molecule has 5 heteroatoms. The molecule has 0 radical (unpaired) electrons. The molecular formula is C10H13F3N2. The summed E-state index contributed by atoms with van der Waals surface area (Å²) in [7, 11) is 1.39. The highest BCUT2D eigenvalue weighted by atomic mass is 19.4. The van der Waals surface area contributed by atoms with E-state index in [4.69, 9.17) is 5.73 Å². The fourth-order valence-electron chi connectivity index (χ4n) is 1.23. The van der Waals surface area contributed by atoms with Crippen molar-refractivity contribution in [3.8, 4) is 0 Å². The molecule has 2 nitrogen and oxygen atoms in total. The monoisotopic (exact) mass is 218 g/mol. The number of hydrogen-bond donors (Lipinski definition) is 1. The Kier molecular flexibility index (Phi) is 3.12. The minimum atomic E-state index is -4.20. The molecule has 15 heavy (non-hydrogen) atoms. The number of benzene rings is 1. The van der Waals surface area contributed by atoms with Crippen LogP contribution in [0.4, 0.5) is 24.5 Å². The van der Waals surface area contributed by atoms with E-state index in [0.717, 1.165) is 10.5 Å². The number of alkyl halides is 3. The zero-order valence-corrected chi connectivity index (χ0v) is 8.60. The van der Waals surface area contributed by atoms with E-state index in [0.29, 0.717) is 11.4 Å². The summed E-state index contributed by atoms with van der Waals surface area (Å²) in [6, 6.07) is 4.87. The van der Waals surface area contributed by atoms with E-state index in [1.165, 1.54) is 7.05 Å². The number of nitrogens with two attached hydrogens (primary N) is 1. The molecule has 84 valence electrons. The van der Waals surface area contributed by atoms with Gasteiger partial charge in [-0.1, -0.05) is 6.07 Å². The van der Waals surface area contributed by atoms with E-state index in [2.05, 4.69) is 0 Å². The Hall–Kier alpha value is -1.39. The Labute approximate surface area is 86.5 Å². The van der Waals surface area contributed by atoms with Crippen LogP contribution in [-0.2, 0) is 0 Å². The minimum absolute atomic E-state index is 0.468. The van der Waals surface area contributed by atoms with Crippen LogP contribution in [0, 0.1) is 6.92 Å². The third-order valence-electron chi connectivity index (χ3n) is 2.12. The maximum Gasteiger partial charge on any atom is 0.405 e. The van der Waals surface area contributed by atoms with E-state index in [1.54, 1.807) is 18.2 Å². The standard InChI is InChI=1S/C10H13F3N2/c1-7-3-4-8(5-9(7)14)15(2)6-10(11,12)13/h3-5H,6,14H2,1-2H3. The first-order valence-electron chi connectivity index (χ1n) is 4.43. The van der Waals surface area contributed by atoms with Gasteiger partial charge in [0.2, 0.25) is 0 Å². The van der Waals surface area contributed by atoms with Crippen LogP contribution in [-0.4, -0.2) is 19.8 Å². The molecule has 0 aliphatic heterocycles. The van der Waals surface area contributed by atoms with E-state index in [9.17, 15) is 13.2 Å². The summed E-state index contributed by atoms with van der Waals surface area (Å²) in [5.74, 6) is 0. The number of nitrogen functional groups attached to an aromatic ring is 1. The lowest BCUT2D eigenvalue weighted by Gasteiger charge is -2.21. The molecule has 0 amide bonds. The third kappa shape index (κ3) is 3.34. The van der Waals surface area contributed by atoms with Gasteiger partial charge < -0.3 is 10.6 Å². The molecule has 0 heterocycles. The normalized spacial score (nSPS) is 11.5. The zero-order valence-electron chi connectivity index (χ0n) is 8.60. The van der Waals surface area contributed by atoms with Crippen molar-refractivity contribution >= 4 is 11.4 Å². The van der Waals surface area contributed by atoms with Gasteiger partial charge in [-0.15, -0.1) is 0 Å². The summed E-state index contributed by atoms with van der Waals surface area (Å²) < 4.78 is 36.3. The highest BCUT2D eigenvalue weighted by Gasteiger charge is 2.29. The second kappa shape index (κ2) is 4.00. The second-order valence-corrected chi connectivity index (χ2v) is 3.51. The predicted octanol–water partition coefficient (Wildman–Crippen LogP) is 2.58. The van der Waals surface area contributed by atoms with Crippen molar-refractivity contribution in [3.05, 3.63) is 23.8 Å². The lowest BCUT2D eigenvalue weighted by atomic mass is 10.2. The van der Waals surface area contributed by atoms with Crippen LogP contribution in [0.5, 0.6) is 0 Å². The molecule has 0 bridgehead atoms. The van der Waals surface area contributed by atoms with Crippen LogP contribution in [0.15, 0.2) is 18.2 Å². The van der Waals surface area contributed by atoms with Gasteiger partial charge in [0, 0.05) is 18.4 Å². The van der Waals surface area contributed by atoms with Gasteiger partial charge in [0.15, 0.2) is 0 Å². The van der Waals surface area contributed by atoms with Gasteiger partial charge in [0.05, 0.1) is 0 Å². The molecule has 1 aromatic rings. The summed E-state index contributed by atoms with van der Waals surface area (Å²) in [5.41, 5.74) is 7.44. The maximum absolute atomic E-state index is 12.1. The Morgan fingerprint density at radius 3 is 2.40 bits per heavy atom. The Balaban J connectivity index is 2.83. The van der Waals surface area contributed by atoms with Crippen molar-refractivity contribution in [1.82, 2.24) is 0 Å². The third-order valence-corrected chi connectivity index (χ3v) is 2.12. The molecule has 0 spiro atoms. The van der Waals surface area contributed by atoms with Crippen LogP contribution in [0.3, 0.4) is 0 Å². The van der Waals surface area contributed by atoms with Crippen LogP contribution in [0.2, 0.25) is 0 Å². The molecule has 0 saturated heterocycles. The number of rotatable bonds is 2.